The first-order valence-electron chi connectivity index (χ1n) is 9.72. The first kappa shape index (κ1) is 19.7. The second kappa shape index (κ2) is 6.22. The normalized spacial score (nSPS) is 13.4. The number of benzene rings is 2. The third-order valence-electron chi connectivity index (χ3n) is 6.07. The highest BCUT2D eigenvalue weighted by Gasteiger charge is 2.48. The summed E-state index contributed by atoms with van der Waals surface area (Å²) in [7, 11) is 1.91. The fourth-order valence-corrected chi connectivity index (χ4v) is 4.16. The van der Waals surface area contributed by atoms with E-state index in [4.69, 9.17) is 4.74 Å². The van der Waals surface area contributed by atoms with Crippen molar-refractivity contribution in [1.82, 2.24) is 0 Å². The quantitative estimate of drug-likeness (QED) is 0.350. The molecular weight excluding hydrogens is 375 g/mol. The molecule has 4 rings (SSSR count). The number of aryl methyl sites for hydroxylation is 3. The molecule has 0 saturated carbocycles. The Morgan fingerprint density at radius 3 is 2.38 bits per heavy atom. The summed E-state index contributed by atoms with van der Waals surface area (Å²) in [5.41, 5.74) is 3.93. The topological polar surface area (TPSA) is 13.1 Å². The van der Waals surface area contributed by atoms with Gasteiger partial charge in [0.1, 0.15) is 12.8 Å². The predicted molar refractivity (Wildman–Crippen MR) is 108 cm³/mol. The van der Waals surface area contributed by atoms with Crippen LogP contribution in [0.5, 0.6) is 11.5 Å². The summed E-state index contributed by atoms with van der Waals surface area (Å²) in [5, 5.41) is 2.11. The third kappa shape index (κ3) is 2.98. The molecule has 0 N–H and O–H groups in total. The van der Waals surface area contributed by atoms with E-state index in [1.54, 1.807) is 6.07 Å². The Morgan fingerprint density at radius 1 is 1.03 bits per heavy atom. The lowest BCUT2D eigenvalue weighted by molar-refractivity contribution is -0.660. The summed E-state index contributed by atoms with van der Waals surface area (Å²) < 4.78 is 49.0. The van der Waals surface area contributed by atoms with Crippen LogP contribution in [-0.2, 0) is 13.5 Å². The molecule has 29 heavy (non-hydrogen) atoms. The van der Waals surface area contributed by atoms with Crippen molar-refractivity contribution in [2.75, 3.05) is 0 Å². The van der Waals surface area contributed by atoms with Crippen molar-refractivity contribution in [3.05, 3.63) is 52.7 Å². The van der Waals surface area contributed by atoms with Crippen molar-refractivity contribution < 1.29 is 22.5 Å². The van der Waals surface area contributed by atoms with Crippen LogP contribution in [0.1, 0.15) is 36.1 Å². The molecule has 1 aromatic heterocycles. The first-order valence-corrected chi connectivity index (χ1v) is 9.72. The van der Waals surface area contributed by atoms with Crippen LogP contribution in [0, 0.1) is 26.2 Å². The number of nitrogens with zero attached hydrogens (tertiary/aromatic N) is 1. The van der Waals surface area contributed by atoms with E-state index in [9.17, 15) is 13.2 Å². The molecule has 2 aromatic carbocycles. The average Bonchev–Trinajstić information content (AvgIpc) is 2.59. The number of fused-ring (bicyclic) bond motifs is 2. The molecular formula is C24H25F3NO+. The number of hydrogen-bond donors (Lipinski definition) is 0. The summed E-state index contributed by atoms with van der Waals surface area (Å²) in [5.74, 6) is 1.24. The summed E-state index contributed by atoms with van der Waals surface area (Å²) in [6.45, 7) is 8.61. The van der Waals surface area contributed by atoms with Crippen molar-refractivity contribution >= 4 is 10.8 Å². The van der Waals surface area contributed by atoms with Crippen LogP contribution in [0.25, 0.3) is 22.0 Å². The molecule has 2 nitrogen and oxygen atoms in total. The van der Waals surface area contributed by atoms with Gasteiger partial charge in [0.25, 0.3) is 5.69 Å². The number of alkyl halides is 3. The Kier molecular flexibility index (Phi) is 4.23. The van der Waals surface area contributed by atoms with E-state index in [0.29, 0.717) is 17.1 Å². The number of rotatable bonds is 2. The maximum Gasteiger partial charge on any atom is 0.394 e. The molecule has 5 heteroatoms. The molecule has 0 amide bonds. The molecule has 0 aliphatic carbocycles. The zero-order chi connectivity index (χ0) is 21.3. The minimum absolute atomic E-state index is 0.144. The molecule has 0 saturated heterocycles. The standard InChI is InChI=1S/C24H25F3NO/c1-13-9-17-11-14(2)15(3)19-20(17)18(10-13)29-22-16(7-8-28(6)21(19)22)12-23(4,5)24(25,26)27/h7-11H,12H2,1-6H3/q+1. The van der Waals surface area contributed by atoms with E-state index in [2.05, 4.69) is 26.0 Å². The molecule has 1 aliphatic heterocycles. The summed E-state index contributed by atoms with van der Waals surface area (Å²) in [4.78, 5) is 0. The lowest BCUT2D eigenvalue weighted by atomic mass is 9.83. The van der Waals surface area contributed by atoms with Gasteiger partial charge in [0, 0.05) is 17.0 Å². The van der Waals surface area contributed by atoms with E-state index in [0.717, 1.165) is 38.7 Å². The van der Waals surface area contributed by atoms with Crippen molar-refractivity contribution in [2.24, 2.45) is 12.5 Å². The van der Waals surface area contributed by atoms with Gasteiger partial charge < -0.3 is 4.74 Å². The predicted octanol–water partition coefficient (Wildman–Crippen LogP) is 6.49. The third-order valence-corrected chi connectivity index (χ3v) is 6.07. The lowest BCUT2D eigenvalue weighted by Gasteiger charge is -2.29. The highest BCUT2D eigenvalue weighted by atomic mass is 19.4. The van der Waals surface area contributed by atoms with Crippen molar-refractivity contribution in [2.45, 2.75) is 47.2 Å². The number of ether oxygens (including phenoxy) is 1. The second-order valence-electron chi connectivity index (χ2n) is 8.84. The Labute approximate surface area is 168 Å². The number of hydrogen-bond acceptors (Lipinski definition) is 1. The van der Waals surface area contributed by atoms with Crippen LogP contribution in [0.3, 0.4) is 0 Å². The van der Waals surface area contributed by atoms with Crippen LogP contribution in [0.4, 0.5) is 13.2 Å². The zero-order valence-electron chi connectivity index (χ0n) is 17.6. The monoisotopic (exact) mass is 400 g/mol. The van der Waals surface area contributed by atoms with Crippen LogP contribution >= 0.6 is 0 Å². The van der Waals surface area contributed by atoms with Gasteiger partial charge in [0.2, 0.25) is 5.75 Å². The molecule has 0 fully saturated rings. The average molecular weight is 400 g/mol. The molecule has 0 spiro atoms. The zero-order valence-corrected chi connectivity index (χ0v) is 17.6. The number of pyridine rings is 1. The maximum atomic E-state index is 13.6. The van der Waals surface area contributed by atoms with E-state index in [-0.39, 0.29) is 6.42 Å². The number of halogens is 3. The lowest BCUT2D eigenvalue weighted by Crippen LogP contribution is -2.36. The van der Waals surface area contributed by atoms with E-state index >= 15 is 0 Å². The minimum atomic E-state index is -4.30. The number of aromatic nitrogens is 1. The van der Waals surface area contributed by atoms with Crippen LogP contribution in [0.15, 0.2) is 30.5 Å². The molecule has 152 valence electrons. The Hall–Kier alpha value is -2.56. The molecule has 1 aliphatic rings. The van der Waals surface area contributed by atoms with Gasteiger partial charge in [-0.1, -0.05) is 26.0 Å². The molecule has 2 heterocycles. The van der Waals surface area contributed by atoms with Gasteiger partial charge in [-0.15, -0.1) is 0 Å². The summed E-state index contributed by atoms with van der Waals surface area (Å²) in [6.07, 6.45) is -2.61. The van der Waals surface area contributed by atoms with Gasteiger partial charge in [-0.3, -0.25) is 0 Å². The highest BCUT2D eigenvalue weighted by molar-refractivity contribution is 6.05. The Morgan fingerprint density at radius 2 is 1.72 bits per heavy atom. The van der Waals surface area contributed by atoms with Crippen molar-refractivity contribution in [1.29, 1.82) is 0 Å². The molecule has 3 aromatic rings. The van der Waals surface area contributed by atoms with E-state index in [1.165, 1.54) is 13.8 Å². The second-order valence-corrected chi connectivity index (χ2v) is 8.84. The summed E-state index contributed by atoms with van der Waals surface area (Å²) in [6, 6.07) is 7.99. The first-order chi connectivity index (χ1) is 13.4. The summed E-state index contributed by atoms with van der Waals surface area (Å²) >= 11 is 0. The Bertz CT molecular complexity index is 1160. The fraction of sp³-hybridized carbons (Fsp3) is 0.375. The van der Waals surface area contributed by atoms with Gasteiger partial charge in [0.15, 0.2) is 6.20 Å². The van der Waals surface area contributed by atoms with Gasteiger partial charge in [-0.05, 0) is 55.3 Å². The molecule has 0 bridgehead atoms. The van der Waals surface area contributed by atoms with Gasteiger partial charge in [0.05, 0.1) is 11.0 Å². The SMILES string of the molecule is Cc1cc2c3c(c(C)c(C)cc3c1)-c1c(c(CC(C)(C)C(F)(F)F)cc[n+]1C)O2. The van der Waals surface area contributed by atoms with E-state index < -0.39 is 11.6 Å². The van der Waals surface area contributed by atoms with Crippen LogP contribution in [0.2, 0.25) is 0 Å². The van der Waals surface area contributed by atoms with Crippen molar-refractivity contribution in [3.8, 4) is 22.8 Å². The molecule has 0 unspecified atom stereocenters. The van der Waals surface area contributed by atoms with Gasteiger partial charge >= 0.3 is 6.18 Å². The largest absolute Gasteiger partial charge is 0.449 e. The fourth-order valence-electron chi connectivity index (χ4n) is 4.16. The maximum absolute atomic E-state index is 13.6. The Balaban J connectivity index is 2.03. The van der Waals surface area contributed by atoms with Gasteiger partial charge in [-0.25, -0.2) is 0 Å². The van der Waals surface area contributed by atoms with Gasteiger partial charge in [-0.2, -0.15) is 17.7 Å². The van der Waals surface area contributed by atoms with Crippen LogP contribution < -0.4 is 9.30 Å². The minimum Gasteiger partial charge on any atom is -0.449 e. The van der Waals surface area contributed by atoms with Crippen molar-refractivity contribution in [3.63, 3.8) is 0 Å². The smallest absolute Gasteiger partial charge is 0.394 e. The van der Waals surface area contributed by atoms with Crippen LogP contribution in [-0.4, -0.2) is 6.18 Å². The molecule has 0 radical (unpaired) electrons. The van der Waals surface area contributed by atoms with E-state index in [1.807, 2.05) is 30.8 Å². The highest BCUT2D eigenvalue weighted by Crippen LogP contribution is 2.50. The molecule has 0 atom stereocenters.